The van der Waals surface area contributed by atoms with Crippen molar-refractivity contribution in [2.24, 2.45) is 0 Å². The first kappa shape index (κ1) is 13.3. The van der Waals surface area contributed by atoms with Gasteiger partial charge in [-0.25, -0.2) is 4.68 Å². The molecule has 3 heterocycles. The highest BCUT2D eigenvalue weighted by Crippen LogP contribution is 2.18. The third-order valence-electron chi connectivity index (χ3n) is 4.14. The van der Waals surface area contributed by atoms with Gasteiger partial charge in [0.05, 0.1) is 12.2 Å². The van der Waals surface area contributed by atoms with Crippen LogP contribution >= 0.6 is 0 Å². The molecule has 0 aromatic carbocycles. The monoisotopic (exact) mass is 275 g/mol. The van der Waals surface area contributed by atoms with Crippen molar-refractivity contribution >= 4 is 5.91 Å². The number of aromatic nitrogens is 3. The third-order valence-corrected chi connectivity index (χ3v) is 4.14. The number of rotatable bonds is 2. The molecule has 1 saturated heterocycles. The summed E-state index contributed by atoms with van der Waals surface area (Å²) in [5.74, 6) is -0.00562. The van der Waals surface area contributed by atoms with Gasteiger partial charge in [0, 0.05) is 13.1 Å². The van der Waals surface area contributed by atoms with Gasteiger partial charge >= 0.3 is 0 Å². The lowest BCUT2D eigenvalue weighted by Crippen LogP contribution is -2.34. The fourth-order valence-electron chi connectivity index (χ4n) is 2.74. The average Bonchev–Trinajstić information content (AvgIpc) is 2.98. The molecule has 0 atom stereocenters. The van der Waals surface area contributed by atoms with Crippen LogP contribution in [0.4, 0.5) is 0 Å². The summed E-state index contributed by atoms with van der Waals surface area (Å²) < 4.78 is 1.86. The summed E-state index contributed by atoms with van der Waals surface area (Å²) in [6.45, 7) is 5.58. The first-order valence-electron chi connectivity index (χ1n) is 7.31. The fourth-order valence-corrected chi connectivity index (χ4v) is 2.74. The van der Waals surface area contributed by atoms with Crippen molar-refractivity contribution in [1.29, 1.82) is 0 Å². The Morgan fingerprint density at radius 3 is 2.90 bits per heavy atom. The highest BCUT2D eigenvalue weighted by molar-refractivity contribution is 5.92. The first-order chi connectivity index (χ1) is 9.74. The Hall–Kier alpha value is -1.69. The molecule has 3 rings (SSSR count). The molecule has 0 bridgehead atoms. The van der Waals surface area contributed by atoms with E-state index in [2.05, 4.69) is 28.6 Å². The Morgan fingerprint density at radius 1 is 1.40 bits per heavy atom. The van der Waals surface area contributed by atoms with Crippen LogP contribution in [0.3, 0.4) is 0 Å². The summed E-state index contributed by atoms with van der Waals surface area (Å²) in [4.78, 5) is 14.2. The molecule has 0 radical (unpaired) electrons. The zero-order valence-corrected chi connectivity index (χ0v) is 11.9. The van der Waals surface area contributed by atoms with Crippen LogP contribution in [0.25, 0.3) is 0 Å². The van der Waals surface area contributed by atoms with Gasteiger partial charge in [-0.3, -0.25) is 4.79 Å². The molecule has 108 valence electrons. The SMILES string of the molecule is CC1=CCN(C(=O)c2cn(C3CCNCC3)nn2)CC1. The first-order valence-corrected chi connectivity index (χ1v) is 7.31. The molecule has 6 heteroatoms. The van der Waals surface area contributed by atoms with Gasteiger partial charge in [-0.05, 0) is 39.3 Å². The maximum absolute atomic E-state index is 12.4. The van der Waals surface area contributed by atoms with E-state index < -0.39 is 0 Å². The number of hydrogen-bond donors (Lipinski definition) is 1. The Balaban J connectivity index is 1.68. The van der Waals surface area contributed by atoms with Crippen LogP contribution in [0.2, 0.25) is 0 Å². The van der Waals surface area contributed by atoms with E-state index in [4.69, 9.17) is 0 Å². The molecule has 0 saturated carbocycles. The number of carbonyl (C=O) groups excluding carboxylic acids is 1. The van der Waals surface area contributed by atoms with E-state index in [0.717, 1.165) is 38.9 Å². The molecule has 0 unspecified atom stereocenters. The molecule has 6 nitrogen and oxygen atoms in total. The van der Waals surface area contributed by atoms with Gasteiger partial charge in [-0.2, -0.15) is 0 Å². The van der Waals surface area contributed by atoms with Gasteiger partial charge in [0.25, 0.3) is 5.91 Å². The van der Waals surface area contributed by atoms with Crippen LogP contribution < -0.4 is 5.32 Å². The molecule has 0 spiro atoms. The number of nitrogens with zero attached hydrogens (tertiary/aromatic N) is 4. The van der Waals surface area contributed by atoms with Gasteiger partial charge in [-0.1, -0.05) is 16.9 Å². The van der Waals surface area contributed by atoms with Crippen LogP contribution in [0.1, 0.15) is 42.7 Å². The van der Waals surface area contributed by atoms with Crippen LogP contribution in [-0.4, -0.2) is 52.0 Å². The predicted octanol–water partition coefficient (Wildman–Crippen LogP) is 0.995. The minimum atomic E-state index is -0.00562. The van der Waals surface area contributed by atoms with E-state index in [0.29, 0.717) is 18.3 Å². The van der Waals surface area contributed by atoms with Gasteiger partial charge in [-0.15, -0.1) is 5.10 Å². The summed E-state index contributed by atoms with van der Waals surface area (Å²) in [6, 6.07) is 0.369. The zero-order valence-electron chi connectivity index (χ0n) is 11.9. The molecule has 1 aromatic heterocycles. The van der Waals surface area contributed by atoms with Crippen molar-refractivity contribution in [1.82, 2.24) is 25.2 Å². The van der Waals surface area contributed by atoms with Crippen LogP contribution in [0.15, 0.2) is 17.8 Å². The van der Waals surface area contributed by atoms with E-state index in [1.54, 1.807) is 0 Å². The lowest BCUT2D eigenvalue weighted by molar-refractivity contribution is 0.0763. The maximum Gasteiger partial charge on any atom is 0.276 e. The highest BCUT2D eigenvalue weighted by atomic mass is 16.2. The quantitative estimate of drug-likeness (QED) is 0.818. The molecule has 2 aliphatic rings. The summed E-state index contributed by atoms with van der Waals surface area (Å²) >= 11 is 0. The molecule has 1 aromatic rings. The molecule has 1 N–H and O–H groups in total. The third kappa shape index (κ3) is 2.75. The van der Waals surface area contributed by atoms with Crippen LogP contribution in [-0.2, 0) is 0 Å². The van der Waals surface area contributed by atoms with Gasteiger partial charge < -0.3 is 10.2 Å². The van der Waals surface area contributed by atoms with Crippen LogP contribution in [0.5, 0.6) is 0 Å². The number of hydrogen-bond acceptors (Lipinski definition) is 4. The van der Waals surface area contributed by atoms with Crippen molar-refractivity contribution in [2.45, 2.75) is 32.2 Å². The Morgan fingerprint density at radius 2 is 2.20 bits per heavy atom. The van der Waals surface area contributed by atoms with Crippen molar-refractivity contribution in [3.63, 3.8) is 0 Å². The number of carbonyl (C=O) groups is 1. The maximum atomic E-state index is 12.4. The largest absolute Gasteiger partial charge is 0.333 e. The van der Waals surface area contributed by atoms with Gasteiger partial charge in [0.1, 0.15) is 0 Å². The Kier molecular flexibility index (Phi) is 3.82. The Bertz CT molecular complexity index is 515. The topological polar surface area (TPSA) is 63.1 Å². The molecular weight excluding hydrogens is 254 g/mol. The fraction of sp³-hybridized carbons (Fsp3) is 0.643. The number of amides is 1. The second-order valence-corrected chi connectivity index (χ2v) is 5.62. The van der Waals surface area contributed by atoms with E-state index >= 15 is 0 Å². The molecule has 1 fully saturated rings. The molecular formula is C14H21N5O. The van der Waals surface area contributed by atoms with E-state index in [1.165, 1.54) is 5.57 Å². The normalized spacial score (nSPS) is 20.9. The number of piperidine rings is 1. The highest BCUT2D eigenvalue weighted by Gasteiger charge is 2.22. The second kappa shape index (κ2) is 5.75. The lowest BCUT2D eigenvalue weighted by Gasteiger charge is -2.24. The predicted molar refractivity (Wildman–Crippen MR) is 75.4 cm³/mol. The number of nitrogens with one attached hydrogen (secondary N) is 1. The summed E-state index contributed by atoms with van der Waals surface area (Å²) in [6.07, 6.45) is 6.96. The second-order valence-electron chi connectivity index (χ2n) is 5.62. The summed E-state index contributed by atoms with van der Waals surface area (Å²) in [7, 11) is 0. The van der Waals surface area contributed by atoms with Gasteiger partial charge in [0.2, 0.25) is 0 Å². The molecule has 0 aliphatic carbocycles. The van der Waals surface area contributed by atoms with Gasteiger partial charge in [0.15, 0.2) is 5.69 Å². The van der Waals surface area contributed by atoms with E-state index in [-0.39, 0.29) is 5.91 Å². The minimum absolute atomic E-state index is 0.00562. The summed E-state index contributed by atoms with van der Waals surface area (Å²) in [5.41, 5.74) is 1.82. The lowest BCUT2D eigenvalue weighted by atomic mass is 10.1. The van der Waals surface area contributed by atoms with Crippen molar-refractivity contribution < 1.29 is 4.79 Å². The van der Waals surface area contributed by atoms with Crippen LogP contribution in [0, 0.1) is 0 Å². The smallest absolute Gasteiger partial charge is 0.276 e. The molecule has 2 aliphatic heterocycles. The van der Waals surface area contributed by atoms with Crippen molar-refractivity contribution in [3.05, 3.63) is 23.5 Å². The van der Waals surface area contributed by atoms with E-state index in [1.807, 2.05) is 15.8 Å². The van der Waals surface area contributed by atoms with Crippen molar-refractivity contribution in [2.75, 3.05) is 26.2 Å². The van der Waals surface area contributed by atoms with E-state index in [9.17, 15) is 4.79 Å². The molecule has 20 heavy (non-hydrogen) atoms. The molecule has 1 amide bonds. The standard InChI is InChI=1S/C14H21N5O/c1-11-4-8-18(9-5-11)14(20)13-10-19(17-16-13)12-2-6-15-7-3-12/h4,10,12,15H,2-3,5-9H2,1H3. The zero-order chi connectivity index (χ0) is 13.9. The summed E-state index contributed by atoms with van der Waals surface area (Å²) in [5, 5.41) is 11.5. The van der Waals surface area contributed by atoms with Crippen molar-refractivity contribution in [3.8, 4) is 0 Å². The minimum Gasteiger partial charge on any atom is -0.333 e. The Labute approximate surface area is 118 Å². The average molecular weight is 275 g/mol.